The van der Waals surface area contributed by atoms with E-state index >= 15 is 0 Å². The molecule has 1 aromatic carbocycles. The summed E-state index contributed by atoms with van der Waals surface area (Å²) in [5, 5.41) is 3.33. The summed E-state index contributed by atoms with van der Waals surface area (Å²) in [5.41, 5.74) is 2.83. The van der Waals surface area contributed by atoms with Gasteiger partial charge in [-0.15, -0.1) is 0 Å². The summed E-state index contributed by atoms with van der Waals surface area (Å²) < 4.78 is 23.7. The minimum absolute atomic E-state index is 0.191. The van der Waals surface area contributed by atoms with Gasteiger partial charge < -0.3 is 10.2 Å². The van der Waals surface area contributed by atoms with Crippen molar-refractivity contribution < 1.29 is 8.42 Å². The Morgan fingerprint density at radius 3 is 2.79 bits per heavy atom. The van der Waals surface area contributed by atoms with Crippen LogP contribution in [-0.4, -0.2) is 56.0 Å². The second kappa shape index (κ2) is 6.39. The number of nitrogens with zero attached hydrogens (tertiary/aromatic N) is 2. The van der Waals surface area contributed by atoms with Gasteiger partial charge in [-0.2, -0.15) is 0 Å². The van der Waals surface area contributed by atoms with Gasteiger partial charge in [0.25, 0.3) is 0 Å². The number of nitrogens with one attached hydrogen (secondary N) is 1. The van der Waals surface area contributed by atoms with Crippen molar-refractivity contribution in [1.29, 1.82) is 0 Å². The van der Waals surface area contributed by atoms with Gasteiger partial charge in [-0.05, 0) is 38.3 Å². The molecule has 1 saturated heterocycles. The summed E-state index contributed by atoms with van der Waals surface area (Å²) >= 11 is 0. The molecule has 0 radical (unpaired) electrons. The van der Waals surface area contributed by atoms with E-state index in [1.54, 1.807) is 13.8 Å². The predicted molar refractivity (Wildman–Crippen MR) is 98.3 cm³/mol. The van der Waals surface area contributed by atoms with E-state index in [9.17, 15) is 8.42 Å². The Morgan fingerprint density at radius 2 is 2.12 bits per heavy atom. The van der Waals surface area contributed by atoms with Gasteiger partial charge in [0, 0.05) is 32.1 Å². The second-order valence-corrected chi connectivity index (χ2v) is 10.0. The first-order valence-electron chi connectivity index (χ1n) is 8.67. The van der Waals surface area contributed by atoms with Crippen molar-refractivity contribution in [3.05, 3.63) is 35.4 Å². The number of aliphatic imine (C=N–C) groups is 1. The molecule has 132 valence electrons. The van der Waals surface area contributed by atoms with E-state index in [-0.39, 0.29) is 5.75 Å². The molecule has 5 nitrogen and oxygen atoms in total. The number of rotatable bonds is 3. The molecule has 3 rings (SSSR count). The fraction of sp³-hybridized carbons (Fsp3) is 0.611. The molecule has 1 heterocycles. The Labute approximate surface area is 145 Å². The zero-order valence-electron chi connectivity index (χ0n) is 14.7. The van der Waals surface area contributed by atoms with Gasteiger partial charge in [0.05, 0.1) is 10.5 Å². The van der Waals surface area contributed by atoms with Gasteiger partial charge in [0.2, 0.25) is 0 Å². The van der Waals surface area contributed by atoms with Crippen LogP contribution in [0.2, 0.25) is 0 Å². The quantitative estimate of drug-likeness (QED) is 0.668. The van der Waals surface area contributed by atoms with E-state index in [0.29, 0.717) is 19.0 Å². The van der Waals surface area contributed by atoms with Crippen molar-refractivity contribution in [1.82, 2.24) is 10.2 Å². The lowest BCUT2D eigenvalue weighted by atomic mass is 9.78. The monoisotopic (exact) mass is 349 g/mol. The highest BCUT2D eigenvalue weighted by atomic mass is 32.2. The molecule has 24 heavy (non-hydrogen) atoms. The van der Waals surface area contributed by atoms with E-state index < -0.39 is 14.6 Å². The molecule has 0 bridgehead atoms. The van der Waals surface area contributed by atoms with Crippen LogP contribution < -0.4 is 5.32 Å². The number of sulfone groups is 1. The lowest BCUT2D eigenvalue weighted by Gasteiger charge is -2.39. The average Bonchev–Trinajstić information content (AvgIpc) is 2.50. The first kappa shape index (κ1) is 17.3. The Hall–Kier alpha value is -1.56. The summed E-state index contributed by atoms with van der Waals surface area (Å²) in [6.07, 6.45) is 1.08. The van der Waals surface area contributed by atoms with Crippen LogP contribution in [0.25, 0.3) is 0 Å². The first-order chi connectivity index (χ1) is 11.3. The molecule has 1 aliphatic carbocycles. The third kappa shape index (κ3) is 3.16. The Kier molecular flexibility index (Phi) is 4.60. The zero-order valence-corrected chi connectivity index (χ0v) is 15.6. The van der Waals surface area contributed by atoms with E-state index in [2.05, 4.69) is 34.5 Å². The number of guanidine groups is 1. The van der Waals surface area contributed by atoms with Crippen LogP contribution in [0.1, 0.15) is 37.8 Å². The van der Waals surface area contributed by atoms with Gasteiger partial charge in [-0.3, -0.25) is 4.99 Å². The highest BCUT2D eigenvalue weighted by Crippen LogP contribution is 2.35. The number of benzene rings is 1. The maximum absolute atomic E-state index is 12.2. The van der Waals surface area contributed by atoms with Crippen molar-refractivity contribution in [3.63, 3.8) is 0 Å². The summed E-state index contributed by atoms with van der Waals surface area (Å²) in [6, 6.07) is 8.53. The van der Waals surface area contributed by atoms with E-state index in [1.165, 1.54) is 11.1 Å². The second-order valence-electron chi connectivity index (χ2n) is 7.29. The van der Waals surface area contributed by atoms with Gasteiger partial charge >= 0.3 is 0 Å². The molecular weight excluding hydrogens is 322 g/mol. The summed E-state index contributed by atoms with van der Waals surface area (Å²) in [4.78, 5) is 6.90. The van der Waals surface area contributed by atoms with Gasteiger partial charge in [-0.1, -0.05) is 24.3 Å². The molecule has 1 aromatic rings. The molecule has 2 aliphatic rings. The summed E-state index contributed by atoms with van der Waals surface area (Å²) in [5.74, 6) is 1.51. The fourth-order valence-corrected chi connectivity index (χ4v) is 4.84. The minimum Gasteiger partial charge on any atom is -0.357 e. The molecule has 1 aliphatic heterocycles. The molecule has 0 spiro atoms. The summed E-state index contributed by atoms with van der Waals surface area (Å²) in [7, 11) is -3.03. The third-order valence-corrected chi connectivity index (χ3v) is 7.63. The molecule has 1 unspecified atom stereocenters. The van der Waals surface area contributed by atoms with Crippen LogP contribution in [0.15, 0.2) is 29.3 Å². The van der Waals surface area contributed by atoms with Crippen LogP contribution in [0, 0.1) is 0 Å². The first-order valence-corrected chi connectivity index (χ1v) is 10.3. The van der Waals surface area contributed by atoms with E-state index in [0.717, 1.165) is 25.5 Å². The molecule has 1 N–H and O–H groups in total. The maximum atomic E-state index is 12.2. The Bertz CT molecular complexity index is 740. The van der Waals surface area contributed by atoms with Crippen molar-refractivity contribution in [2.24, 2.45) is 4.99 Å². The van der Waals surface area contributed by atoms with Crippen LogP contribution in [0.3, 0.4) is 0 Å². The van der Waals surface area contributed by atoms with Gasteiger partial charge in [0.15, 0.2) is 15.8 Å². The Balaban J connectivity index is 1.71. The SMILES string of the molecule is CCNC(=NCC1Cc2ccccc21)N1CCS(=O)(=O)C(C)(C)C1. The van der Waals surface area contributed by atoms with Crippen molar-refractivity contribution in [3.8, 4) is 0 Å². The number of fused-ring (bicyclic) bond motifs is 1. The topological polar surface area (TPSA) is 61.8 Å². The molecule has 0 saturated carbocycles. The van der Waals surface area contributed by atoms with Crippen LogP contribution in [0.4, 0.5) is 0 Å². The standard InChI is InChI=1S/C18H27N3O2S/c1-4-19-17(21-9-10-24(22,23)18(2,3)13-21)20-12-15-11-14-7-5-6-8-16(14)15/h5-8,15H,4,9-13H2,1-3H3,(H,19,20). The zero-order chi connectivity index (χ0) is 17.4. The van der Waals surface area contributed by atoms with Crippen molar-refractivity contribution >= 4 is 15.8 Å². The summed E-state index contributed by atoms with van der Waals surface area (Å²) in [6.45, 7) is 8.19. The average molecular weight is 350 g/mol. The van der Waals surface area contributed by atoms with E-state index in [4.69, 9.17) is 4.99 Å². The van der Waals surface area contributed by atoms with Crippen LogP contribution in [0.5, 0.6) is 0 Å². The van der Waals surface area contributed by atoms with Crippen LogP contribution in [-0.2, 0) is 16.3 Å². The highest BCUT2D eigenvalue weighted by molar-refractivity contribution is 7.92. The van der Waals surface area contributed by atoms with Gasteiger partial charge in [-0.25, -0.2) is 8.42 Å². The molecule has 0 aromatic heterocycles. The molecular formula is C18H27N3O2S. The molecule has 1 fully saturated rings. The van der Waals surface area contributed by atoms with Crippen molar-refractivity contribution in [2.75, 3.05) is 31.9 Å². The normalized spacial score (nSPS) is 24.9. The smallest absolute Gasteiger partial charge is 0.194 e. The lowest BCUT2D eigenvalue weighted by molar-refractivity contribution is 0.352. The number of hydrogen-bond donors (Lipinski definition) is 1. The minimum atomic E-state index is -3.03. The fourth-order valence-electron chi connectivity index (χ4n) is 3.47. The molecule has 6 heteroatoms. The molecule has 1 atom stereocenters. The highest BCUT2D eigenvalue weighted by Gasteiger charge is 2.41. The van der Waals surface area contributed by atoms with Crippen LogP contribution >= 0.6 is 0 Å². The molecule has 0 amide bonds. The third-order valence-electron chi connectivity index (χ3n) is 5.10. The largest absolute Gasteiger partial charge is 0.357 e. The predicted octanol–water partition coefficient (Wildman–Crippen LogP) is 1.80. The van der Waals surface area contributed by atoms with Crippen molar-refractivity contribution in [2.45, 2.75) is 37.9 Å². The lowest BCUT2D eigenvalue weighted by Crippen LogP contribution is -2.57. The Morgan fingerprint density at radius 1 is 1.38 bits per heavy atom. The van der Waals surface area contributed by atoms with Gasteiger partial charge in [0.1, 0.15) is 0 Å². The maximum Gasteiger partial charge on any atom is 0.194 e. The van der Waals surface area contributed by atoms with E-state index in [1.807, 2.05) is 6.92 Å². The number of hydrogen-bond acceptors (Lipinski definition) is 3.